The molecule has 0 aliphatic rings. The standard InChI is InChI=1S/C10H8F7N.ClH/c11-7-3-5(10(15,16)17)1-2-6(7)8(18)4-9(12,13)14;/h1-3,8H,4,18H2;1H/t8-;/m1./s1. The van der Waals surface area contributed by atoms with E-state index in [9.17, 15) is 30.7 Å². The summed E-state index contributed by atoms with van der Waals surface area (Å²) in [7, 11) is 0. The Morgan fingerprint density at radius 1 is 1.05 bits per heavy atom. The summed E-state index contributed by atoms with van der Waals surface area (Å²) in [6, 6.07) is -0.485. The molecule has 0 spiro atoms. The molecule has 110 valence electrons. The molecular formula is C10H9ClF7N. The van der Waals surface area contributed by atoms with E-state index in [1.165, 1.54) is 0 Å². The van der Waals surface area contributed by atoms with Crippen LogP contribution in [-0.2, 0) is 6.18 Å². The van der Waals surface area contributed by atoms with Gasteiger partial charge in [-0.3, -0.25) is 0 Å². The van der Waals surface area contributed by atoms with E-state index in [4.69, 9.17) is 5.73 Å². The van der Waals surface area contributed by atoms with Crippen molar-refractivity contribution >= 4 is 12.4 Å². The average molecular weight is 312 g/mol. The lowest BCUT2D eigenvalue weighted by Gasteiger charge is -2.16. The molecule has 0 saturated heterocycles. The van der Waals surface area contributed by atoms with Gasteiger partial charge >= 0.3 is 12.4 Å². The van der Waals surface area contributed by atoms with Crippen molar-refractivity contribution in [2.75, 3.05) is 0 Å². The summed E-state index contributed by atoms with van der Waals surface area (Å²) in [6.45, 7) is 0. The van der Waals surface area contributed by atoms with Crippen molar-refractivity contribution in [1.29, 1.82) is 0 Å². The molecule has 1 nitrogen and oxygen atoms in total. The quantitative estimate of drug-likeness (QED) is 0.813. The number of hydrogen-bond acceptors (Lipinski definition) is 1. The Labute approximate surface area is 110 Å². The van der Waals surface area contributed by atoms with Crippen LogP contribution in [0.2, 0.25) is 0 Å². The predicted molar refractivity (Wildman–Crippen MR) is 56.3 cm³/mol. The normalized spacial score (nSPS) is 13.9. The molecule has 0 aliphatic carbocycles. The third-order valence-corrected chi connectivity index (χ3v) is 2.18. The van der Waals surface area contributed by atoms with Gasteiger partial charge < -0.3 is 5.73 Å². The first-order valence-corrected chi connectivity index (χ1v) is 4.69. The van der Waals surface area contributed by atoms with Crippen molar-refractivity contribution in [1.82, 2.24) is 0 Å². The van der Waals surface area contributed by atoms with Gasteiger partial charge in [0, 0.05) is 11.6 Å². The Balaban J connectivity index is 0.00000324. The van der Waals surface area contributed by atoms with Gasteiger partial charge in [-0.05, 0) is 12.1 Å². The Morgan fingerprint density at radius 3 is 1.95 bits per heavy atom. The molecule has 0 unspecified atom stereocenters. The van der Waals surface area contributed by atoms with Crippen molar-refractivity contribution in [3.05, 3.63) is 35.1 Å². The van der Waals surface area contributed by atoms with Gasteiger partial charge in [0.25, 0.3) is 0 Å². The lowest BCUT2D eigenvalue weighted by molar-refractivity contribution is -0.139. The van der Waals surface area contributed by atoms with E-state index in [2.05, 4.69) is 0 Å². The first-order valence-electron chi connectivity index (χ1n) is 4.69. The smallest absolute Gasteiger partial charge is 0.324 e. The van der Waals surface area contributed by atoms with Gasteiger partial charge in [0.1, 0.15) is 5.82 Å². The maximum Gasteiger partial charge on any atom is 0.416 e. The van der Waals surface area contributed by atoms with Gasteiger partial charge in [0.15, 0.2) is 0 Å². The molecule has 0 amide bonds. The second kappa shape index (κ2) is 5.96. The van der Waals surface area contributed by atoms with Gasteiger partial charge in [-0.2, -0.15) is 26.3 Å². The van der Waals surface area contributed by atoms with E-state index in [1.54, 1.807) is 0 Å². The second-order valence-corrected chi connectivity index (χ2v) is 3.66. The molecule has 0 aliphatic heterocycles. The number of hydrogen-bond donors (Lipinski definition) is 1. The van der Waals surface area contributed by atoms with Crippen LogP contribution >= 0.6 is 12.4 Å². The van der Waals surface area contributed by atoms with Crippen molar-refractivity contribution < 1.29 is 30.7 Å². The van der Waals surface area contributed by atoms with E-state index in [0.29, 0.717) is 12.1 Å². The minimum absolute atomic E-state index is 0. The highest BCUT2D eigenvalue weighted by atomic mass is 35.5. The summed E-state index contributed by atoms with van der Waals surface area (Å²) in [4.78, 5) is 0. The first kappa shape index (κ1) is 18.0. The Kier molecular flexibility index (Phi) is 5.64. The van der Waals surface area contributed by atoms with E-state index >= 15 is 0 Å². The lowest BCUT2D eigenvalue weighted by Crippen LogP contribution is -2.21. The highest BCUT2D eigenvalue weighted by Gasteiger charge is 2.34. The minimum Gasteiger partial charge on any atom is -0.324 e. The van der Waals surface area contributed by atoms with Gasteiger partial charge in [0.2, 0.25) is 0 Å². The maximum absolute atomic E-state index is 13.3. The molecule has 19 heavy (non-hydrogen) atoms. The molecule has 0 fully saturated rings. The molecule has 0 saturated carbocycles. The molecule has 1 rings (SSSR count). The van der Waals surface area contributed by atoms with Crippen LogP contribution in [0.25, 0.3) is 0 Å². The van der Waals surface area contributed by atoms with Gasteiger partial charge in [-0.25, -0.2) is 4.39 Å². The van der Waals surface area contributed by atoms with Crippen molar-refractivity contribution in [2.45, 2.75) is 24.8 Å². The number of benzene rings is 1. The van der Waals surface area contributed by atoms with Gasteiger partial charge in [0.05, 0.1) is 12.0 Å². The van der Waals surface area contributed by atoms with Crippen LogP contribution in [-0.4, -0.2) is 6.18 Å². The average Bonchev–Trinajstić information content (AvgIpc) is 2.12. The van der Waals surface area contributed by atoms with E-state index < -0.39 is 41.8 Å². The molecular weight excluding hydrogens is 303 g/mol. The Hall–Kier alpha value is -1.02. The first-order chi connectivity index (χ1) is 8.00. The molecule has 0 bridgehead atoms. The largest absolute Gasteiger partial charge is 0.416 e. The molecule has 0 heterocycles. The van der Waals surface area contributed by atoms with Crippen LogP contribution in [0.4, 0.5) is 30.7 Å². The fraction of sp³-hybridized carbons (Fsp3) is 0.400. The number of nitrogens with two attached hydrogens (primary N) is 1. The van der Waals surface area contributed by atoms with E-state index in [-0.39, 0.29) is 18.5 Å². The monoisotopic (exact) mass is 311 g/mol. The van der Waals surface area contributed by atoms with Crippen LogP contribution in [0.1, 0.15) is 23.6 Å². The summed E-state index contributed by atoms with van der Waals surface area (Å²) in [5, 5.41) is 0. The van der Waals surface area contributed by atoms with Crippen molar-refractivity contribution in [3.8, 4) is 0 Å². The molecule has 0 radical (unpaired) electrons. The molecule has 2 N–H and O–H groups in total. The Bertz CT molecular complexity index is 427. The van der Waals surface area contributed by atoms with Crippen molar-refractivity contribution in [2.24, 2.45) is 5.73 Å². The highest BCUT2D eigenvalue weighted by molar-refractivity contribution is 5.85. The van der Waals surface area contributed by atoms with E-state index in [0.717, 1.165) is 0 Å². The van der Waals surface area contributed by atoms with Crippen LogP contribution in [0.5, 0.6) is 0 Å². The number of halogens is 8. The second-order valence-electron chi connectivity index (χ2n) is 3.66. The van der Waals surface area contributed by atoms with Gasteiger partial charge in [-0.1, -0.05) is 6.07 Å². The summed E-state index contributed by atoms with van der Waals surface area (Å²) in [5.74, 6) is -1.40. The number of rotatable bonds is 2. The minimum atomic E-state index is -4.76. The summed E-state index contributed by atoms with van der Waals surface area (Å²) < 4.78 is 85.9. The fourth-order valence-electron chi connectivity index (χ4n) is 1.36. The van der Waals surface area contributed by atoms with Crippen LogP contribution < -0.4 is 5.73 Å². The highest BCUT2D eigenvalue weighted by Crippen LogP contribution is 2.33. The summed E-state index contributed by atoms with van der Waals surface area (Å²) in [6.07, 6.45) is -10.9. The summed E-state index contributed by atoms with van der Waals surface area (Å²) in [5.41, 5.74) is 3.23. The maximum atomic E-state index is 13.3. The molecule has 0 aromatic heterocycles. The molecule has 1 aromatic carbocycles. The van der Waals surface area contributed by atoms with Gasteiger partial charge in [-0.15, -0.1) is 12.4 Å². The van der Waals surface area contributed by atoms with Crippen LogP contribution in [0, 0.1) is 5.82 Å². The zero-order chi connectivity index (χ0) is 14.1. The topological polar surface area (TPSA) is 26.0 Å². The SMILES string of the molecule is Cl.N[C@H](CC(F)(F)F)c1ccc(C(F)(F)F)cc1F. The number of alkyl halides is 6. The fourth-order valence-corrected chi connectivity index (χ4v) is 1.36. The molecule has 9 heteroatoms. The third kappa shape index (κ3) is 5.23. The predicted octanol–water partition coefficient (Wildman–Crippen LogP) is 4.22. The Morgan fingerprint density at radius 2 is 1.58 bits per heavy atom. The zero-order valence-electron chi connectivity index (χ0n) is 9.15. The molecule has 1 atom stereocenters. The zero-order valence-corrected chi connectivity index (χ0v) is 9.96. The van der Waals surface area contributed by atoms with Crippen LogP contribution in [0.3, 0.4) is 0 Å². The molecule has 1 aromatic rings. The summed E-state index contributed by atoms with van der Waals surface area (Å²) >= 11 is 0. The van der Waals surface area contributed by atoms with Crippen molar-refractivity contribution in [3.63, 3.8) is 0 Å². The van der Waals surface area contributed by atoms with Crippen LogP contribution in [0.15, 0.2) is 18.2 Å². The van der Waals surface area contributed by atoms with E-state index in [1.807, 2.05) is 0 Å². The lowest BCUT2D eigenvalue weighted by atomic mass is 10.0. The third-order valence-electron chi connectivity index (χ3n) is 2.18.